The van der Waals surface area contributed by atoms with Gasteiger partial charge in [-0.3, -0.25) is 0 Å². The van der Waals surface area contributed by atoms with Gasteiger partial charge in [0.15, 0.2) is 0 Å². The zero-order chi connectivity index (χ0) is 9.64. The van der Waals surface area contributed by atoms with E-state index in [-0.39, 0.29) is 0 Å². The Morgan fingerprint density at radius 2 is 2.21 bits per heavy atom. The van der Waals surface area contributed by atoms with E-state index < -0.39 is 0 Å². The lowest BCUT2D eigenvalue weighted by molar-refractivity contribution is 0.124. The maximum Gasteiger partial charge on any atom is 0.0713 e. The van der Waals surface area contributed by atoms with Crippen molar-refractivity contribution in [3.63, 3.8) is 0 Å². The van der Waals surface area contributed by atoms with Crippen molar-refractivity contribution in [2.45, 2.75) is 38.5 Å². The normalized spacial score (nSPS) is 21.9. The Kier molecular flexibility index (Phi) is 3.81. The molecule has 2 rings (SSSR count). The van der Waals surface area contributed by atoms with Crippen LogP contribution in [-0.2, 0) is 4.74 Å². The SMILES string of the molecule is C1=CC(COCCC2CCC2)=CCC1. The zero-order valence-electron chi connectivity index (χ0n) is 8.87. The molecule has 0 aliphatic heterocycles. The first kappa shape index (κ1) is 9.97. The standard InChI is InChI=1S/C13H20O/c1-2-5-13(6-3-1)11-14-10-9-12-7-4-8-12/h2,5-6,12H,1,3-4,7-11H2. The van der Waals surface area contributed by atoms with Gasteiger partial charge in [-0.05, 0) is 30.8 Å². The Balaban J connectivity index is 1.53. The molecule has 2 aliphatic rings. The Labute approximate surface area is 86.8 Å². The van der Waals surface area contributed by atoms with E-state index in [9.17, 15) is 0 Å². The van der Waals surface area contributed by atoms with Gasteiger partial charge in [0, 0.05) is 6.61 Å². The van der Waals surface area contributed by atoms with E-state index in [4.69, 9.17) is 4.74 Å². The smallest absolute Gasteiger partial charge is 0.0713 e. The molecule has 1 saturated carbocycles. The van der Waals surface area contributed by atoms with Gasteiger partial charge in [-0.1, -0.05) is 37.5 Å². The molecule has 0 unspecified atom stereocenters. The largest absolute Gasteiger partial charge is 0.377 e. The average Bonchev–Trinajstić information content (AvgIpc) is 2.16. The van der Waals surface area contributed by atoms with Gasteiger partial charge in [0.05, 0.1) is 6.61 Å². The first-order valence-corrected chi connectivity index (χ1v) is 5.88. The molecule has 0 bridgehead atoms. The van der Waals surface area contributed by atoms with E-state index in [1.54, 1.807) is 0 Å². The minimum Gasteiger partial charge on any atom is -0.377 e. The maximum atomic E-state index is 5.66. The lowest BCUT2D eigenvalue weighted by atomic mass is 9.83. The number of ether oxygens (including phenoxy) is 1. The lowest BCUT2D eigenvalue weighted by Gasteiger charge is -2.24. The molecule has 0 amide bonds. The Morgan fingerprint density at radius 1 is 1.29 bits per heavy atom. The van der Waals surface area contributed by atoms with Gasteiger partial charge >= 0.3 is 0 Å². The van der Waals surface area contributed by atoms with Crippen molar-refractivity contribution in [1.29, 1.82) is 0 Å². The molecule has 0 aromatic heterocycles. The maximum absolute atomic E-state index is 5.66. The fourth-order valence-electron chi connectivity index (χ4n) is 2.00. The van der Waals surface area contributed by atoms with Crippen LogP contribution in [0, 0.1) is 5.92 Å². The molecule has 0 heterocycles. The van der Waals surface area contributed by atoms with Crippen LogP contribution in [0.3, 0.4) is 0 Å². The highest BCUT2D eigenvalue weighted by atomic mass is 16.5. The van der Waals surface area contributed by atoms with Crippen LogP contribution in [0.25, 0.3) is 0 Å². The van der Waals surface area contributed by atoms with Crippen molar-refractivity contribution >= 4 is 0 Å². The Hall–Kier alpha value is -0.560. The fraction of sp³-hybridized carbons (Fsp3) is 0.692. The van der Waals surface area contributed by atoms with Gasteiger partial charge in [-0.2, -0.15) is 0 Å². The number of hydrogen-bond donors (Lipinski definition) is 0. The van der Waals surface area contributed by atoms with Crippen molar-refractivity contribution in [3.05, 3.63) is 23.8 Å². The minimum absolute atomic E-state index is 0.823. The molecular weight excluding hydrogens is 172 g/mol. The van der Waals surface area contributed by atoms with Crippen molar-refractivity contribution < 1.29 is 4.74 Å². The number of hydrogen-bond acceptors (Lipinski definition) is 1. The molecule has 0 atom stereocenters. The minimum atomic E-state index is 0.823. The molecule has 0 N–H and O–H groups in total. The fourth-order valence-corrected chi connectivity index (χ4v) is 2.00. The molecule has 0 radical (unpaired) electrons. The highest BCUT2D eigenvalue weighted by Crippen LogP contribution is 2.29. The van der Waals surface area contributed by atoms with E-state index >= 15 is 0 Å². The van der Waals surface area contributed by atoms with Crippen molar-refractivity contribution in [2.24, 2.45) is 5.92 Å². The van der Waals surface area contributed by atoms with Crippen LogP contribution >= 0.6 is 0 Å². The third-order valence-corrected chi connectivity index (χ3v) is 3.24. The highest BCUT2D eigenvalue weighted by Gasteiger charge is 2.16. The topological polar surface area (TPSA) is 9.23 Å². The summed E-state index contributed by atoms with van der Waals surface area (Å²) in [5, 5.41) is 0. The van der Waals surface area contributed by atoms with E-state index in [0.29, 0.717) is 0 Å². The molecule has 2 aliphatic carbocycles. The molecule has 0 aromatic carbocycles. The van der Waals surface area contributed by atoms with Crippen LogP contribution in [0.1, 0.15) is 38.5 Å². The summed E-state index contributed by atoms with van der Waals surface area (Å²) in [6.45, 7) is 1.78. The van der Waals surface area contributed by atoms with E-state index in [1.165, 1.54) is 44.1 Å². The molecule has 78 valence electrons. The van der Waals surface area contributed by atoms with Gasteiger partial charge < -0.3 is 4.74 Å². The monoisotopic (exact) mass is 192 g/mol. The second kappa shape index (κ2) is 5.35. The lowest BCUT2D eigenvalue weighted by Crippen LogP contribution is -2.14. The summed E-state index contributed by atoms with van der Waals surface area (Å²) < 4.78 is 5.66. The average molecular weight is 192 g/mol. The van der Waals surface area contributed by atoms with E-state index in [1.807, 2.05) is 0 Å². The van der Waals surface area contributed by atoms with E-state index in [2.05, 4.69) is 18.2 Å². The van der Waals surface area contributed by atoms with Gasteiger partial charge in [-0.15, -0.1) is 0 Å². The van der Waals surface area contributed by atoms with Crippen LogP contribution in [0.4, 0.5) is 0 Å². The summed E-state index contributed by atoms with van der Waals surface area (Å²) in [6.07, 6.45) is 14.7. The van der Waals surface area contributed by atoms with Crippen molar-refractivity contribution in [2.75, 3.05) is 13.2 Å². The second-order valence-corrected chi connectivity index (χ2v) is 4.40. The quantitative estimate of drug-likeness (QED) is 0.606. The third kappa shape index (κ3) is 2.98. The summed E-state index contributed by atoms with van der Waals surface area (Å²) in [5.41, 5.74) is 1.37. The third-order valence-electron chi connectivity index (χ3n) is 3.24. The van der Waals surface area contributed by atoms with Gasteiger partial charge in [0.1, 0.15) is 0 Å². The predicted molar refractivity (Wildman–Crippen MR) is 59.2 cm³/mol. The van der Waals surface area contributed by atoms with Gasteiger partial charge in [-0.25, -0.2) is 0 Å². The molecule has 1 fully saturated rings. The van der Waals surface area contributed by atoms with Crippen LogP contribution in [0.5, 0.6) is 0 Å². The summed E-state index contributed by atoms with van der Waals surface area (Å²) in [6, 6.07) is 0. The van der Waals surface area contributed by atoms with Crippen LogP contribution in [-0.4, -0.2) is 13.2 Å². The molecule has 1 nitrogen and oxygen atoms in total. The van der Waals surface area contributed by atoms with Crippen LogP contribution < -0.4 is 0 Å². The Bertz CT molecular complexity index is 223. The van der Waals surface area contributed by atoms with Crippen LogP contribution in [0.15, 0.2) is 23.8 Å². The van der Waals surface area contributed by atoms with E-state index in [0.717, 1.165) is 19.1 Å². The summed E-state index contributed by atoms with van der Waals surface area (Å²) in [7, 11) is 0. The predicted octanol–water partition coefficient (Wildman–Crippen LogP) is 3.47. The van der Waals surface area contributed by atoms with Crippen molar-refractivity contribution in [1.82, 2.24) is 0 Å². The second-order valence-electron chi connectivity index (χ2n) is 4.40. The molecule has 0 spiro atoms. The summed E-state index contributed by atoms with van der Waals surface area (Å²) in [4.78, 5) is 0. The molecule has 14 heavy (non-hydrogen) atoms. The molecule has 0 saturated heterocycles. The number of rotatable bonds is 5. The summed E-state index contributed by atoms with van der Waals surface area (Å²) >= 11 is 0. The van der Waals surface area contributed by atoms with Crippen LogP contribution in [0.2, 0.25) is 0 Å². The van der Waals surface area contributed by atoms with Gasteiger partial charge in [0.2, 0.25) is 0 Å². The zero-order valence-corrected chi connectivity index (χ0v) is 8.87. The summed E-state index contributed by atoms with van der Waals surface area (Å²) in [5.74, 6) is 0.978. The first-order chi connectivity index (χ1) is 6.95. The first-order valence-electron chi connectivity index (χ1n) is 5.88. The molecule has 1 heteroatoms. The molecular formula is C13H20O. The van der Waals surface area contributed by atoms with Gasteiger partial charge in [0.25, 0.3) is 0 Å². The van der Waals surface area contributed by atoms with Crippen molar-refractivity contribution in [3.8, 4) is 0 Å². The molecule has 0 aromatic rings. The highest BCUT2D eigenvalue weighted by molar-refractivity contribution is 5.22. The Morgan fingerprint density at radius 3 is 2.86 bits per heavy atom. The number of allylic oxidation sites excluding steroid dienone is 2.